The van der Waals surface area contributed by atoms with Gasteiger partial charge < -0.3 is 24.4 Å². The number of benzene rings is 2. The number of aromatic nitrogens is 4. The molecular weight excluding hydrogens is 440 g/mol. The summed E-state index contributed by atoms with van der Waals surface area (Å²) in [6.45, 7) is 3.49. The van der Waals surface area contributed by atoms with E-state index in [4.69, 9.17) is 14.2 Å². The SMILES string of the molecule is COc1cc(C(c2c(C)[nH][nH]c2=O)c2c(C)[nH][nH]c2=O)ccc1OC(=O)c1ccccc1OC. The molecule has 0 radical (unpaired) electrons. The number of rotatable bonds is 7. The number of hydrogen-bond donors (Lipinski definition) is 4. The Labute approximate surface area is 193 Å². The monoisotopic (exact) mass is 464 g/mol. The Hall–Kier alpha value is -4.47. The van der Waals surface area contributed by atoms with E-state index < -0.39 is 11.9 Å². The topological polar surface area (TPSA) is 142 Å². The number of aryl methyl sites for hydroxylation is 2. The third-order valence-electron chi connectivity index (χ3n) is 5.65. The van der Waals surface area contributed by atoms with Crippen molar-refractivity contribution in [3.63, 3.8) is 0 Å². The Bertz CT molecular complexity index is 1400. The first-order valence-corrected chi connectivity index (χ1v) is 10.4. The molecule has 4 N–H and O–H groups in total. The molecule has 0 saturated carbocycles. The van der Waals surface area contributed by atoms with E-state index >= 15 is 0 Å². The van der Waals surface area contributed by atoms with Crippen molar-refractivity contribution in [3.8, 4) is 17.2 Å². The van der Waals surface area contributed by atoms with Crippen LogP contribution in [0.2, 0.25) is 0 Å². The summed E-state index contributed by atoms with van der Waals surface area (Å²) < 4.78 is 16.3. The van der Waals surface area contributed by atoms with Crippen LogP contribution in [0.4, 0.5) is 0 Å². The minimum Gasteiger partial charge on any atom is -0.496 e. The molecule has 0 saturated heterocycles. The summed E-state index contributed by atoms with van der Waals surface area (Å²) in [4.78, 5) is 38.0. The van der Waals surface area contributed by atoms with Gasteiger partial charge in [0.1, 0.15) is 11.3 Å². The minimum absolute atomic E-state index is 0.181. The van der Waals surface area contributed by atoms with Crippen molar-refractivity contribution < 1.29 is 19.0 Å². The Morgan fingerprint density at radius 3 is 1.88 bits per heavy atom. The van der Waals surface area contributed by atoms with E-state index in [0.29, 0.717) is 33.8 Å². The van der Waals surface area contributed by atoms with Gasteiger partial charge in [0, 0.05) is 17.3 Å². The molecule has 0 atom stereocenters. The Morgan fingerprint density at radius 2 is 1.35 bits per heavy atom. The first-order chi connectivity index (χ1) is 16.3. The van der Waals surface area contributed by atoms with Crippen molar-refractivity contribution in [1.82, 2.24) is 20.4 Å². The van der Waals surface area contributed by atoms with Crippen molar-refractivity contribution >= 4 is 5.97 Å². The minimum atomic E-state index is -0.696. The van der Waals surface area contributed by atoms with Crippen LogP contribution in [0.15, 0.2) is 52.1 Å². The predicted octanol–water partition coefficient (Wildman–Crippen LogP) is 2.75. The molecule has 176 valence electrons. The number of aromatic amines is 4. The fourth-order valence-corrected chi connectivity index (χ4v) is 4.00. The molecule has 2 aromatic heterocycles. The maximum atomic E-state index is 12.8. The van der Waals surface area contributed by atoms with E-state index in [1.54, 1.807) is 56.3 Å². The molecule has 10 heteroatoms. The highest BCUT2D eigenvalue weighted by Gasteiger charge is 2.29. The molecule has 0 bridgehead atoms. The number of hydrogen-bond acceptors (Lipinski definition) is 6. The van der Waals surface area contributed by atoms with Gasteiger partial charge >= 0.3 is 5.97 Å². The van der Waals surface area contributed by atoms with Crippen LogP contribution in [0.25, 0.3) is 0 Å². The lowest BCUT2D eigenvalue weighted by Gasteiger charge is -2.18. The molecule has 34 heavy (non-hydrogen) atoms. The van der Waals surface area contributed by atoms with Crippen LogP contribution in [0.1, 0.15) is 44.4 Å². The summed E-state index contributed by atoms with van der Waals surface area (Å²) in [5, 5.41) is 10.8. The van der Waals surface area contributed by atoms with Crippen LogP contribution in [0.5, 0.6) is 17.2 Å². The lowest BCUT2D eigenvalue weighted by atomic mass is 9.85. The zero-order valence-corrected chi connectivity index (χ0v) is 19.1. The van der Waals surface area contributed by atoms with Gasteiger partial charge in [0.25, 0.3) is 11.1 Å². The first kappa shape index (κ1) is 22.7. The largest absolute Gasteiger partial charge is 0.496 e. The van der Waals surface area contributed by atoms with Gasteiger partial charge in [-0.3, -0.25) is 19.8 Å². The zero-order chi connectivity index (χ0) is 24.4. The van der Waals surface area contributed by atoms with Crippen LogP contribution in [0.3, 0.4) is 0 Å². The number of para-hydroxylation sites is 1. The number of carbonyl (C=O) groups excluding carboxylic acids is 1. The van der Waals surface area contributed by atoms with E-state index in [-0.39, 0.29) is 28.2 Å². The molecule has 10 nitrogen and oxygen atoms in total. The van der Waals surface area contributed by atoms with Gasteiger partial charge in [0.05, 0.1) is 25.3 Å². The molecule has 4 rings (SSSR count). The summed E-state index contributed by atoms with van der Waals surface area (Å²) >= 11 is 0. The number of nitrogens with one attached hydrogen (secondary N) is 4. The van der Waals surface area contributed by atoms with Crippen LogP contribution >= 0.6 is 0 Å². The van der Waals surface area contributed by atoms with Crippen LogP contribution in [-0.4, -0.2) is 40.6 Å². The molecule has 0 fully saturated rings. The second kappa shape index (κ2) is 9.18. The lowest BCUT2D eigenvalue weighted by Crippen LogP contribution is -2.20. The second-order valence-corrected chi connectivity index (χ2v) is 7.67. The second-order valence-electron chi connectivity index (χ2n) is 7.67. The van der Waals surface area contributed by atoms with Gasteiger partial charge in [-0.1, -0.05) is 18.2 Å². The van der Waals surface area contributed by atoms with Crippen LogP contribution in [-0.2, 0) is 0 Å². The fraction of sp³-hybridized carbons (Fsp3) is 0.208. The highest BCUT2D eigenvalue weighted by Crippen LogP contribution is 2.37. The van der Waals surface area contributed by atoms with Crippen molar-refractivity contribution in [2.24, 2.45) is 0 Å². The standard InChI is InChI=1S/C24H24N4O6/c1-12-19(22(29)27-25-12)21(20-13(2)26-28-23(20)30)14-9-10-17(18(11-14)33-4)34-24(31)15-7-5-6-8-16(15)32-3/h5-11,21H,1-4H3,(H2,25,27,29)(H2,26,28,30). The van der Waals surface area contributed by atoms with Crippen LogP contribution < -0.4 is 25.3 Å². The quantitative estimate of drug-likeness (QED) is 0.245. The van der Waals surface area contributed by atoms with E-state index in [9.17, 15) is 14.4 Å². The number of H-pyrrole nitrogens is 4. The molecule has 4 aromatic rings. The van der Waals surface area contributed by atoms with E-state index in [1.807, 2.05) is 0 Å². The van der Waals surface area contributed by atoms with Crippen molar-refractivity contribution in [3.05, 3.63) is 96.8 Å². The van der Waals surface area contributed by atoms with E-state index in [0.717, 1.165) is 0 Å². The van der Waals surface area contributed by atoms with Gasteiger partial charge in [0.2, 0.25) is 0 Å². The van der Waals surface area contributed by atoms with Gasteiger partial charge in [-0.2, -0.15) is 0 Å². The average Bonchev–Trinajstić information content (AvgIpc) is 3.35. The summed E-state index contributed by atoms with van der Waals surface area (Å²) in [5.74, 6) is -0.485. The summed E-state index contributed by atoms with van der Waals surface area (Å²) in [6, 6.07) is 11.6. The van der Waals surface area contributed by atoms with Gasteiger partial charge in [0.15, 0.2) is 11.5 Å². The summed E-state index contributed by atoms with van der Waals surface area (Å²) in [7, 11) is 2.91. The lowest BCUT2D eigenvalue weighted by molar-refractivity contribution is 0.0726. The maximum absolute atomic E-state index is 12.8. The van der Waals surface area contributed by atoms with Crippen molar-refractivity contribution in [2.75, 3.05) is 14.2 Å². The smallest absolute Gasteiger partial charge is 0.347 e. The van der Waals surface area contributed by atoms with E-state index in [2.05, 4.69) is 20.4 Å². The number of carbonyl (C=O) groups is 1. The molecule has 0 spiro atoms. The van der Waals surface area contributed by atoms with Gasteiger partial charge in [-0.25, -0.2) is 4.79 Å². The Balaban J connectivity index is 1.79. The summed E-state index contributed by atoms with van der Waals surface area (Å²) in [5.41, 5.74) is 2.18. The molecule has 2 heterocycles. The highest BCUT2D eigenvalue weighted by molar-refractivity contribution is 5.94. The summed E-state index contributed by atoms with van der Waals surface area (Å²) in [6.07, 6.45) is 0. The fourth-order valence-electron chi connectivity index (χ4n) is 4.00. The maximum Gasteiger partial charge on any atom is 0.347 e. The average molecular weight is 464 g/mol. The van der Waals surface area contributed by atoms with Crippen molar-refractivity contribution in [1.29, 1.82) is 0 Å². The number of methoxy groups -OCH3 is 2. The normalized spacial score (nSPS) is 11.0. The Kier molecular flexibility index (Phi) is 6.13. The number of ether oxygens (including phenoxy) is 3. The number of esters is 1. The van der Waals surface area contributed by atoms with E-state index in [1.165, 1.54) is 14.2 Å². The third kappa shape index (κ3) is 4.01. The molecule has 0 aliphatic carbocycles. The molecular formula is C24H24N4O6. The molecule has 0 amide bonds. The molecule has 0 aliphatic rings. The van der Waals surface area contributed by atoms with Gasteiger partial charge in [-0.15, -0.1) is 0 Å². The molecule has 2 aromatic carbocycles. The zero-order valence-electron chi connectivity index (χ0n) is 19.1. The third-order valence-corrected chi connectivity index (χ3v) is 5.65. The molecule has 0 unspecified atom stereocenters. The van der Waals surface area contributed by atoms with Crippen molar-refractivity contribution in [2.45, 2.75) is 19.8 Å². The Morgan fingerprint density at radius 1 is 0.765 bits per heavy atom. The highest BCUT2D eigenvalue weighted by atomic mass is 16.6. The first-order valence-electron chi connectivity index (χ1n) is 10.4. The predicted molar refractivity (Wildman–Crippen MR) is 124 cm³/mol. The van der Waals surface area contributed by atoms with Crippen LogP contribution in [0, 0.1) is 13.8 Å². The van der Waals surface area contributed by atoms with Gasteiger partial charge in [-0.05, 0) is 43.7 Å². The molecule has 0 aliphatic heterocycles.